The topological polar surface area (TPSA) is 85.5 Å². The number of nitrogens with zero attached hydrogens (tertiary/aromatic N) is 3. The lowest BCUT2D eigenvalue weighted by Gasteiger charge is -2.12. The maximum atomic E-state index is 13.1. The van der Waals surface area contributed by atoms with Gasteiger partial charge in [-0.05, 0) is 47.7 Å². The maximum Gasteiger partial charge on any atom is 0.298 e. The van der Waals surface area contributed by atoms with Gasteiger partial charge in [0, 0.05) is 46.4 Å². The molecular weight excluding hydrogens is 474 g/mol. The molecule has 34 heavy (non-hydrogen) atoms. The number of nitro benzene ring substituents is 1. The summed E-state index contributed by atoms with van der Waals surface area (Å²) in [5.41, 5.74) is 2.92. The summed E-state index contributed by atoms with van der Waals surface area (Å²) in [7, 11) is 0. The number of rotatable bonds is 5. The number of halogens is 1. The molecule has 2 heterocycles. The van der Waals surface area contributed by atoms with Crippen molar-refractivity contribution in [2.75, 3.05) is 4.90 Å². The van der Waals surface area contributed by atoms with Gasteiger partial charge in [0.15, 0.2) is 0 Å². The number of nitro groups is 1. The lowest BCUT2D eigenvalue weighted by molar-refractivity contribution is -0.384. The Kier molecular flexibility index (Phi) is 5.69. The second-order valence-electron chi connectivity index (χ2n) is 7.65. The summed E-state index contributed by atoms with van der Waals surface area (Å²) in [5, 5.41) is 12.1. The van der Waals surface area contributed by atoms with E-state index < -0.39 is 10.8 Å². The van der Waals surface area contributed by atoms with Crippen molar-refractivity contribution in [1.82, 2.24) is 4.57 Å². The Hall–Kier alpha value is -3.88. The number of aromatic nitrogens is 1. The van der Waals surface area contributed by atoms with Crippen LogP contribution in [-0.4, -0.2) is 20.6 Å². The highest BCUT2D eigenvalue weighted by molar-refractivity contribution is 8.19. The minimum absolute atomic E-state index is 0.0314. The third-order valence-electron chi connectivity index (χ3n) is 5.44. The number of carbonyl (C=O) groups is 2. The first kappa shape index (κ1) is 21.9. The molecule has 168 valence electrons. The molecule has 7 nitrogen and oxygen atoms in total. The predicted molar refractivity (Wildman–Crippen MR) is 134 cm³/mol. The number of imide groups is 1. The number of fused-ring (bicyclic) bond motifs is 1. The van der Waals surface area contributed by atoms with E-state index in [0.29, 0.717) is 22.2 Å². The molecular formula is C25H16ClN3O4S. The molecule has 9 heteroatoms. The van der Waals surface area contributed by atoms with Crippen LogP contribution in [0.2, 0.25) is 5.02 Å². The van der Waals surface area contributed by atoms with Crippen molar-refractivity contribution in [1.29, 1.82) is 0 Å². The minimum Gasteiger partial charge on any atom is -0.342 e. The first-order chi connectivity index (χ1) is 16.4. The van der Waals surface area contributed by atoms with E-state index in [-0.39, 0.29) is 10.9 Å². The molecule has 1 aromatic heterocycles. The van der Waals surface area contributed by atoms with E-state index in [9.17, 15) is 19.7 Å². The predicted octanol–water partition coefficient (Wildman–Crippen LogP) is 6.49. The molecule has 2 amide bonds. The third kappa shape index (κ3) is 4.09. The van der Waals surface area contributed by atoms with Gasteiger partial charge in [-0.25, -0.2) is 4.90 Å². The van der Waals surface area contributed by atoms with E-state index in [2.05, 4.69) is 0 Å². The highest BCUT2D eigenvalue weighted by Crippen LogP contribution is 2.37. The van der Waals surface area contributed by atoms with Gasteiger partial charge in [-0.3, -0.25) is 19.7 Å². The number of carbonyl (C=O) groups excluding carboxylic acids is 2. The van der Waals surface area contributed by atoms with Gasteiger partial charge in [-0.2, -0.15) is 0 Å². The van der Waals surface area contributed by atoms with E-state index in [0.717, 1.165) is 38.7 Å². The fourth-order valence-electron chi connectivity index (χ4n) is 3.93. The molecule has 0 unspecified atom stereocenters. The Bertz CT molecular complexity index is 1510. The van der Waals surface area contributed by atoms with Crippen LogP contribution in [0.1, 0.15) is 11.1 Å². The molecule has 4 aromatic rings. The molecule has 0 atom stereocenters. The molecule has 1 aliphatic heterocycles. The number of hydrogen-bond donors (Lipinski definition) is 0. The highest BCUT2D eigenvalue weighted by atomic mass is 35.5. The van der Waals surface area contributed by atoms with Crippen LogP contribution >= 0.6 is 23.4 Å². The van der Waals surface area contributed by atoms with Gasteiger partial charge in [0.05, 0.1) is 15.5 Å². The van der Waals surface area contributed by atoms with E-state index in [4.69, 9.17) is 11.6 Å². The normalized spacial score (nSPS) is 15.0. The summed E-state index contributed by atoms with van der Waals surface area (Å²) < 4.78 is 1.97. The Labute approximate surface area is 203 Å². The minimum atomic E-state index is -0.418. The highest BCUT2D eigenvalue weighted by Gasteiger charge is 2.36. The molecule has 0 spiro atoms. The summed E-state index contributed by atoms with van der Waals surface area (Å²) in [4.78, 5) is 37.8. The van der Waals surface area contributed by atoms with Crippen LogP contribution in [0.5, 0.6) is 0 Å². The maximum absolute atomic E-state index is 13.1. The fraction of sp³-hybridized carbons (Fsp3) is 0.0400. The molecule has 3 aromatic carbocycles. The van der Waals surface area contributed by atoms with Crippen molar-refractivity contribution in [3.05, 3.63) is 110 Å². The number of non-ortho nitro benzene ring substituents is 1. The van der Waals surface area contributed by atoms with E-state index in [1.54, 1.807) is 42.5 Å². The average molecular weight is 490 g/mol. The number of benzene rings is 3. The van der Waals surface area contributed by atoms with E-state index in [1.807, 2.05) is 41.1 Å². The van der Waals surface area contributed by atoms with Gasteiger partial charge in [0.2, 0.25) is 0 Å². The zero-order chi connectivity index (χ0) is 23.8. The zero-order valence-electron chi connectivity index (χ0n) is 17.6. The largest absolute Gasteiger partial charge is 0.342 e. The fourth-order valence-corrected chi connectivity index (χ4v) is 4.95. The molecule has 0 bridgehead atoms. The van der Waals surface area contributed by atoms with Gasteiger partial charge in [-0.1, -0.05) is 48.0 Å². The zero-order valence-corrected chi connectivity index (χ0v) is 19.1. The van der Waals surface area contributed by atoms with Gasteiger partial charge in [-0.15, -0.1) is 0 Å². The SMILES string of the molecule is O=C1S/C(=C/c2cn(Cc3cccc([N+](=O)[O-])c3)c3ccccc23)C(=O)N1c1cccc(Cl)c1. The molecule has 0 radical (unpaired) electrons. The van der Waals surface area contributed by atoms with Gasteiger partial charge >= 0.3 is 0 Å². The average Bonchev–Trinajstić information content (AvgIpc) is 3.30. The van der Waals surface area contributed by atoms with Crippen molar-refractivity contribution >= 4 is 62.9 Å². The monoisotopic (exact) mass is 489 g/mol. The Morgan fingerprint density at radius 1 is 1.00 bits per heavy atom. The van der Waals surface area contributed by atoms with Crippen LogP contribution < -0.4 is 4.90 Å². The van der Waals surface area contributed by atoms with E-state index in [1.165, 1.54) is 6.07 Å². The van der Waals surface area contributed by atoms with Crippen molar-refractivity contribution in [2.45, 2.75) is 6.54 Å². The van der Waals surface area contributed by atoms with Gasteiger partial charge in [0.25, 0.3) is 16.8 Å². The Morgan fingerprint density at radius 3 is 2.59 bits per heavy atom. The van der Waals surface area contributed by atoms with Gasteiger partial charge < -0.3 is 4.57 Å². The van der Waals surface area contributed by atoms with Crippen molar-refractivity contribution in [3.8, 4) is 0 Å². The number of thioether (sulfide) groups is 1. The molecule has 0 N–H and O–H groups in total. The number of para-hydroxylation sites is 1. The first-order valence-electron chi connectivity index (χ1n) is 10.3. The first-order valence-corrected chi connectivity index (χ1v) is 11.4. The Morgan fingerprint density at radius 2 is 1.79 bits per heavy atom. The number of amides is 2. The van der Waals surface area contributed by atoms with Crippen molar-refractivity contribution in [3.63, 3.8) is 0 Å². The van der Waals surface area contributed by atoms with Crippen LogP contribution in [0.4, 0.5) is 16.2 Å². The smallest absolute Gasteiger partial charge is 0.298 e. The van der Waals surface area contributed by atoms with Crippen molar-refractivity contribution in [2.24, 2.45) is 0 Å². The number of anilines is 1. The van der Waals surface area contributed by atoms with Gasteiger partial charge in [0.1, 0.15) is 0 Å². The number of hydrogen-bond acceptors (Lipinski definition) is 5. The van der Waals surface area contributed by atoms with Crippen LogP contribution in [0, 0.1) is 10.1 Å². The summed E-state index contributed by atoms with van der Waals surface area (Å²) in [6, 6.07) is 20.8. The molecule has 1 fully saturated rings. The standard InChI is InChI=1S/C25H16ClN3O4S/c26-18-6-4-7-19(13-18)28-24(30)23(34-25(28)31)12-17-15-27(22-10-2-1-9-21(17)22)14-16-5-3-8-20(11-16)29(32)33/h1-13,15H,14H2/b23-12+. The third-order valence-corrected chi connectivity index (χ3v) is 6.55. The van der Waals surface area contributed by atoms with Crippen LogP contribution in [0.25, 0.3) is 17.0 Å². The quantitative estimate of drug-likeness (QED) is 0.181. The summed E-state index contributed by atoms with van der Waals surface area (Å²) >= 11 is 6.91. The van der Waals surface area contributed by atoms with Crippen LogP contribution in [-0.2, 0) is 11.3 Å². The summed E-state index contributed by atoms with van der Waals surface area (Å²) in [6.45, 7) is 0.417. The molecule has 0 aliphatic carbocycles. The summed E-state index contributed by atoms with van der Waals surface area (Å²) in [6.07, 6.45) is 3.60. The lowest BCUT2D eigenvalue weighted by Crippen LogP contribution is -2.27. The van der Waals surface area contributed by atoms with Crippen LogP contribution in [0.3, 0.4) is 0 Å². The van der Waals surface area contributed by atoms with E-state index >= 15 is 0 Å². The Balaban J connectivity index is 1.51. The summed E-state index contributed by atoms with van der Waals surface area (Å²) in [5.74, 6) is -0.409. The van der Waals surface area contributed by atoms with Crippen molar-refractivity contribution < 1.29 is 14.5 Å². The second-order valence-corrected chi connectivity index (χ2v) is 9.08. The molecule has 1 aliphatic rings. The molecule has 0 saturated carbocycles. The molecule has 5 rings (SSSR count). The second kappa shape index (κ2) is 8.81. The van der Waals surface area contributed by atoms with Crippen LogP contribution in [0.15, 0.2) is 83.9 Å². The lowest BCUT2D eigenvalue weighted by atomic mass is 10.1. The molecule has 1 saturated heterocycles.